The van der Waals surface area contributed by atoms with Crippen molar-refractivity contribution in [2.75, 3.05) is 0 Å². The van der Waals surface area contributed by atoms with Crippen molar-refractivity contribution in [3.05, 3.63) is 0 Å². The first kappa shape index (κ1) is 7.50. The van der Waals surface area contributed by atoms with Crippen molar-refractivity contribution in [3.63, 3.8) is 0 Å². The van der Waals surface area contributed by atoms with Crippen LogP contribution in [0, 0.1) is 0 Å². The Bertz CT molecular complexity index is 134. The van der Waals surface area contributed by atoms with Crippen molar-refractivity contribution in [2.24, 2.45) is 0 Å². The summed E-state index contributed by atoms with van der Waals surface area (Å²) < 4.78 is 0. The van der Waals surface area contributed by atoms with Gasteiger partial charge in [-0.15, -0.1) is 0 Å². The summed E-state index contributed by atoms with van der Waals surface area (Å²) >= 11 is 0. The summed E-state index contributed by atoms with van der Waals surface area (Å²) in [6.07, 6.45) is 2.28. The Balaban J connectivity index is 2.18. The average Bonchev–Trinajstić information content (AvgIpc) is 2.70. The van der Waals surface area contributed by atoms with Crippen molar-refractivity contribution in [3.8, 4) is 0 Å². The zero-order valence-electron chi connectivity index (χ0n) is 5.92. The fourth-order valence-electron chi connectivity index (χ4n) is 0.776. The monoisotopic (exact) mass is 144 g/mol. The predicted octanol–water partition coefficient (Wildman–Crippen LogP) is -0.368. The van der Waals surface area contributed by atoms with Crippen molar-refractivity contribution in [1.29, 1.82) is 0 Å². The van der Waals surface area contributed by atoms with Gasteiger partial charge in [0.25, 0.3) is 5.91 Å². The van der Waals surface area contributed by atoms with Crippen molar-refractivity contribution in [1.82, 2.24) is 10.8 Å². The second-order valence-corrected chi connectivity index (χ2v) is 2.64. The number of hydrogen-bond acceptors (Lipinski definition) is 3. The molecule has 0 bridgehead atoms. The van der Waals surface area contributed by atoms with Gasteiger partial charge in [-0.1, -0.05) is 0 Å². The maximum Gasteiger partial charge on any atom is 0.260 e. The third kappa shape index (κ3) is 1.97. The van der Waals surface area contributed by atoms with Crippen LogP contribution >= 0.6 is 0 Å². The van der Waals surface area contributed by atoms with Crippen LogP contribution < -0.4 is 10.8 Å². The normalized spacial score (nSPS) is 20.2. The van der Waals surface area contributed by atoms with E-state index in [2.05, 4.69) is 5.32 Å². The summed E-state index contributed by atoms with van der Waals surface area (Å²) in [6, 6.07) is 0.213. The molecule has 1 atom stereocenters. The molecule has 10 heavy (non-hydrogen) atoms. The second kappa shape index (κ2) is 2.98. The van der Waals surface area contributed by atoms with Crippen LogP contribution in [0.1, 0.15) is 19.8 Å². The molecule has 1 unspecified atom stereocenters. The fourth-order valence-corrected chi connectivity index (χ4v) is 0.776. The van der Waals surface area contributed by atoms with Gasteiger partial charge in [-0.25, -0.2) is 5.48 Å². The lowest BCUT2D eigenvalue weighted by Gasteiger charge is -2.09. The van der Waals surface area contributed by atoms with Crippen LogP contribution in [0.5, 0.6) is 0 Å². The molecule has 58 valence electrons. The molecular formula is C6H12N2O2. The minimum absolute atomic E-state index is 0.280. The topological polar surface area (TPSA) is 61.4 Å². The summed E-state index contributed by atoms with van der Waals surface area (Å²) in [7, 11) is 0. The van der Waals surface area contributed by atoms with Gasteiger partial charge in [0.15, 0.2) is 0 Å². The van der Waals surface area contributed by atoms with Crippen LogP contribution in [-0.2, 0) is 4.79 Å². The Morgan fingerprint density at radius 1 is 1.70 bits per heavy atom. The first-order valence-electron chi connectivity index (χ1n) is 3.44. The van der Waals surface area contributed by atoms with Crippen molar-refractivity contribution < 1.29 is 10.0 Å². The maximum atomic E-state index is 10.7. The number of hydrogen-bond donors (Lipinski definition) is 3. The largest absolute Gasteiger partial charge is 0.303 e. The molecule has 4 nitrogen and oxygen atoms in total. The van der Waals surface area contributed by atoms with Gasteiger partial charge in [-0.2, -0.15) is 0 Å². The smallest absolute Gasteiger partial charge is 0.260 e. The van der Waals surface area contributed by atoms with E-state index in [0.29, 0.717) is 6.04 Å². The molecule has 1 aliphatic carbocycles. The first-order valence-corrected chi connectivity index (χ1v) is 3.44. The van der Waals surface area contributed by atoms with E-state index in [4.69, 9.17) is 5.21 Å². The zero-order valence-corrected chi connectivity index (χ0v) is 5.92. The number of nitrogens with one attached hydrogen (secondary N) is 2. The van der Waals surface area contributed by atoms with Crippen LogP contribution in [0.4, 0.5) is 0 Å². The molecule has 1 rings (SSSR count). The lowest BCUT2D eigenvalue weighted by Crippen LogP contribution is -2.41. The molecule has 1 aliphatic rings. The van der Waals surface area contributed by atoms with Gasteiger partial charge in [0.1, 0.15) is 0 Å². The highest BCUT2D eigenvalue weighted by atomic mass is 16.5. The van der Waals surface area contributed by atoms with Gasteiger partial charge in [0.05, 0.1) is 6.04 Å². The van der Waals surface area contributed by atoms with E-state index in [1.165, 1.54) is 0 Å². The number of carbonyl (C=O) groups excluding carboxylic acids is 1. The molecule has 4 heteroatoms. The zero-order chi connectivity index (χ0) is 7.56. The van der Waals surface area contributed by atoms with Gasteiger partial charge in [0, 0.05) is 6.04 Å². The molecule has 0 spiro atoms. The molecule has 0 heterocycles. The van der Waals surface area contributed by atoms with E-state index in [1.54, 1.807) is 12.4 Å². The summed E-state index contributed by atoms with van der Waals surface area (Å²) in [5, 5.41) is 11.2. The minimum atomic E-state index is -0.369. The van der Waals surface area contributed by atoms with E-state index in [9.17, 15) is 4.79 Å². The molecule has 0 aromatic carbocycles. The highest BCUT2D eigenvalue weighted by Crippen LogP contribution is 2.19. The summed E-state index contributed by atoms with van der Waals surface area (Å²) in [6.45, 7) is 1.73. The predicted molar refractivity (Wildman–Crippen MR) is 35.5 cm³/mol. The van der Waals surface area contributed by atoms with Gasteiger partial charge in [0.2, 0.25) is 0 Å². The number of rotatable bonds is 3. The molecule has 1 amide bonds. The maximum absolute atomic E-state index is 10.7. The molecule has 0 radical (unpaired) electrons. The van der Waals surface area contributed by atoms with Gasteiger partial charge >= 0.3 is 0 Å². The standard InChI is InChI=1S/C6H12N2O2/c1-4(6(9)8-10)7-5-2-3-5/h4-5,7,10H,2-3H2,1H3,(H,8,9). The van der Waals surface area contributed by atoms with Crippen molar-refractivity contribution in [2.45, 2.75) is 31.8 Å². The Hall–Kier alpha value is -0.610. The van der Waals surface area contributed by atoms with E-state index in [1.807, 2.05) is 0 Å². The van der Waals surface area contributed by atoms with Crippen molar-refractivity contribution >= 4 is 5.91 Å². The van der Waals surface area contributed by atoms with Crippen LogP contribution in [0.2, 0.25) is 0 Å². The molecule has 0 aliphatic heterocycles. The Morgan fingerprint density at radius 3 is 2.70 bits per heavy atom. The highest BCUT2D eigenvalue weighted by Gasteiger charge is 2.25. The van der Waals surface area contributed by atoms with E-state index >= 15 is 0 Å². The number of amides is 1. The average molecular weight is 144 g/mol. The molecule has 0 aromatic rings. The molecule has 3 N–H and O–H groups in total. The van der Waals surface area contributed by atoms with Gasteiger partial charge < -0.3 is 5.32 Å². The fraction of sp³-hybridized carbons (Fsp3) is 0.833. The minimum Gasteiger partial charge on any atom is -0.303 e. The highest BCUT2D eigenvalue weighted by molar-refractivity contribution is 5.80. The molecule has 1 saturated carbocycles. The molecular weight excluding hydrogens is 132 g/mol. The molecule has 1 fully saturated rings. The van der Waals surface area contributed by atoms with Gasteiger partial charge in [-0.3, -0.25) is 10.0 Å². The SMILES string of the molecule is CC(NC1CC1)C(=O)NO. The molecule has 0 aromatic heterocycles. The van der Waals surface area contributed by atoms with E-state index in [0.717, 1.165) is 12.8 Å². The van der Waals surface area contributed by atoms with E-state index in [-0.39, 0.29) is 11.9 Å². The van der Waals surface area contributed by atoms with Crippen LogP contribution in [0.15, 0.2) is 0 Å². The summed E-state index contributed by atoms with van der Waals surface area (Å²) in [5.41, 5.74) is 1.60. The quantitative estimate of drug-likeness (QED) is 0.374. The Kier molecular flexibility index (Phi) is 2.24. The van der Waals surface area contributed by atoms with Crippen LogP contribution in [-0.4, -0.2) is 23.2 Å². The summed E-state index contributed by atoms with van der Waals surface area (Å²) in [4.78, 5) is 10.7. The lowest BCUT2D eigenvalue weighted by atomic mass is 10.3. The van der Waals surface area contributed by atoms with Crippen LogP contribution in [0.25, 0.3) is 0 Å². The molecule has 0 saturated heterocycles. The Morgan fingerprint density at radius 2 is 2.30 bits per heavy atom. The van der Waals surface area contributed by atoms with E-state index < -0.39 is 0 Å². The Labute approximate surface area is 59.6 Å². The number of carbonyl (C=O) groups is 1. The van der Waals surface area contributed by atoms with Gasteiger partial charge in [-0.05, 0) is 19.8 Å². The lowest BCUT2D eigenvalue weighted by molar-refractivity contribution is -0.131. The third-order valence-electron chi connectivity index (χ3n) is 1.57. The van der Waals surface area contributed by atoms with Crippen LogP contribution in [0.3, 0.4) is 0 Å². The second-order valence-electron chi connectivity index (χ2n) is 2.64. The third-order valence-corrected chi connectivity index (χ3v) is 1.57. The summed E-state index contributed by atoms with van der Waals surface area (Å²) in [5.74, 6) is -0.369. The first-order chi connectivity index (χ1) is 4.74. The number of hydroxylamine groups is 1.